The van der Waals surface area contributed by atoms with Crippen LogP contribution in [0.25, 0.3) is 0 Å². The predicted molar refractivity (Wildman–Crippen MR) is 73.2 cm³/mol. The summed E-state index contributed by atoms with van der Waals surface area (Å²) >= 11 is 5.67. The molecule has 1 aliphatic carbocycles. The van der Waals surface area contributed by atoms with Crippen LogP contribution in [-0.2, 0) is 0 Å². The first-order chi connectivity index (χ1) is 8.70. The van der Waals surface area contributed by atoms with Crippen LogP contribution < -0.4 is 11.1 Å². The molecular weight excluding hydrogens is 251 g/mol. The van der Waals surface area contributed by atoms with Gasteiger partial charge in [-0.3, -0.25) is 0 Å². The van der Waals surface area contributed by atoms with E-state index in [2.05, 4.69) is 5.32 Å². The van der Waals surface area contributed by atoms with Crippen LogP contribution >= 0.6 is 11.6 Å². The number of hydrogen-bond donors (Lipinski definition) is 2. The van der Waals surface area contributed by atoms with Crippen LogP contribution in [0.15, 0.2) is 18.2 Å². The Labute approximate surface area is 113 Å². The predicted octanol–water partition coefficient (Wildman–Crippen LogP) is 3.26. The summed E-state index contributed by atoms with van der Waals surface area (Å²) < 4.78 is 13.4. The van der Waals surface area contributed by atoms with Crippen molar-refractivity contribution in [1.82, 2.24) is 5.32 Å². The van der Waals surface area contributed by atoms with Gasteiger partial charge in [0.05, 0.1) is 5.02 Å². The van der Waals surface area contributed by atoms with Gasteiger partial charge >= 0.3 is 0 Å². The molecule has 0 amide bonds. The third kappa shape index (κ3) is 3.94. The normalized spacial score (nSPS) is 16.8. The topological polar surface area (TPSA) is 38.0 Å². The molecule has 0 aliphatic heterocycles. The van der Waals surface area contributed by atoms with Gasteiger partial charge in [0.25, 0.3) is 0 Å². The number of nitrogens with one attached hydrogen (secondary N) is 1. The molecule has 0 radical (unpaired) electrons. The highest BCUT2D eigenvalue weighted by Gasteiger charge is 2.20. The molecule has 100 valence electrons. The summed E-state index contributed by atoms with van der Waals surface area (Å²) in [4.78, 5) is 0. The summed E-state index contributed by atoms with van der Waals surface area (Å²) in [5, 5.41) is 3.54. The van der Waals surface area contributed by atoms with E-state index in [0.29, 0.717) is 6.54 Å². The molecule has 3 N–H and O–H groups in total. The molecule has 1 aromatic rings. The Kier molecular flexibility index (Phi) is 4.98. The summed E-state index contributed by atoms with van der Waals surface area (Å²) in [5.41, 5.74) is 6.60. The molecule has 1 unspecified atom stereocenters. The largest absolute Gasteiger partial charge is 0.329 e. The maximum absolute atomic E-state index is 13.4. The fourth-order valence-electron chi connectivity index (χ4n) is 2.14. The first-order valence-electron chi connectivity index (χ1n) is 6.59. The van der Waals surface area contributed by atoms with E-state index in [0.717, 1.165) is 24.4 Å². The fourth-order valence-corrected chi connectivity index (χ4v) is 2.26. The zero-order valence-corrected chi connectivity index (χ0v) is 11.2. The molecule has 0 aromatic heterocycles. The molecule has 1 atom stereocenters. The van der Waals surface area contributed by atoms with E-state index in [4.69, 9.17) is 17.3 Å². The van der Waals surface area contributed by atoms with Gasteiger partial charge in [-0.25, -0.2) is 4.39 Å². The van der Waals surface area contributed by atoms with E-state index < -0.39 is 0 Å². The summed E-state index contributed by atoms with van der Waals surface area (Å²) in [6.07, 6.45) is 5.24. The zero-order chi connectivity index (χ0) is 13.0. The molecule has 1 aliphatic rings. The number of rotatable bonds is 7. The zero-order valence-electron chi connectivity index (χ0n) is 10.5. The minimum absolute atomic E-state index is 0.0102. The molecule has 1 fully saturated rings. The molecular formula is C14H20ClFN2. The Morgan fingerprint density at radius 1 is 1.44 bits per heavy atom. The molecule has 0 heterocycles. The lowest BCUT2D eigenvalue weighted by Crippen LogP contribution is -2.29. The summed E-state index contributed by atoms with van der Waals surface area (Å²) in [6, 6.07) is 4.89. The summed E-state index contributed by atoms with van der Waals surface area (Å²) in [5.74, 6) is 0.573. The highest BCUT2D eigenvalue weighted by molar-refractivity contribution is 6.30. The molecule has 0 spiro atoms. The Bertz CT molecular complexity index is 393. The van der Waals surface area contributed by atoms with E-state index in [9.17, 15) is 4.39 Å². The third-order valence-corrected chi connectivity index (χ3v) is 3.77. The van der Waals surface area contributed by atoms with Crippen LogP contribution in [0, 0.1) is 11.7 Å². The van der Waals surface area contributed by atoms with E-state index in [1.165, 1.54) is 25.3 Å². The number of benzene rings is 1. The minimum Gasteiger partial charge on any atom is -0.329 e. The molecule has 1 saturated carbocycles. The van der Waals surface area contributed by atoms with Crippen LogP contribution in [0.3, 0.4) is 0 Å². The maximum atomic E-state index is 13.4. The standard InChI is InChI=1S/C14H20ClFN2/c15-12-6-5-11(8-13(12)16)14(9-17)18-7-1-2-10-3-4-10/h5-6,8,10,14,18H,1-4,7,9,17H2. The van der Waals surface area contributed by atoms with Crippen LogP contribution in [0.4, 0.5) is 4.39 Å². The number of nitrogens with two attached hydrogens (primary N) is 1. The Morgan fingerprint density at radius 3 is 2.83 bits per heavy atom. The van der Waals surface area contributed by atoms with Crippen LogP contribution in [0.5, 0.6) is 0 Å². The molecule has 0 bridgehead atoms. The lowest BCUT2D eigenvalue weighted by molar-refractivity contribution is 0.509. The van der Waals surface area contributed by atoms with E-state index in [1.807, 2.05) is 6.07 Å². The van der Waals surface area contributed by atoms with Crippen molar-refractivity contribution in [2.45, 2.75) is 31.7 Å². The maximum Gasteiger partial charge on any atom is 0.142 e. The number of hydrogen-bond acceptors (Lipinski definition) is 2. The molecule has 1 aromatic carbocycles. The smallest absolute Gasteiger partial charge is 0.142 e. The van der Waals surface area contributed by atoms with Crippen molar-refractivity contribution < 1.29 is 4.39 Å². The fraction of sp³-hybridized carbons (Fsp3) is 0.571. The minimum atomic E-state index is -0.382. The Morgan fingerprint density at radius 2 is 2.22 bits per heavy atom. The van der Waals surface area contributed by atoms with Gasteiger partial charge in [0.1, 0.15) is 5.82 Å². The van der Waals surface area contributed by atoms with Crippen LogP contribution in [0.2, 0.25) is 5.02 Å². The second kappa shape index (κ2) is 6.50. The van der Waals surface area contributed by atoms with Crippen molar-refractivity contribution in [3.8, 4) is 0 Å². The van der Waals surface area contributed by atoms with Crippen LogP contribution in [0.1, 0.15) is 37.3 Å². The van der Waals surface area contributed by atoms with E-state index in [1.54, 1.807) is 6.07 Å². The molecule has 2 rings (SSSR count). The van der Waals surface area contributed by atoms with Crippen molar-refractivity contribution >= 4 is 11.6 Å². The molecule has 18 heavy (non-hydrogen) atoms. The second-order valence-corrected chi connectivity index (χ2v) is 5.41. The highest BCUT2D eigenvalue weighted by Crippen LogP contribution is 2.33. The third-order valence-electron chi connectivity index (χ3n) is 3.46. The van der Waals surface area contributed by atoms with Crippen molar-refractivity contribution in [2.24, 2.45) is 11.7 Å². The van der Waals surface area contributed by atoms with Gasteiger partial charge in [-0.05, 0) is 43.0 Å². The van der Waals surface area contributed by atoms with Gasteiger partial charge in [-0.1, -0.05) is 30.5 Å². The van der Waals surface area contributed by atoms with Gasteiger partial charge in [-0.15, -0.1) is 0 Å². The van der Waals surface area contributed by atoms with E-state index in [-0.39, 0.29) is 16.9 Å². The number of halogens is 2. The van der Waals surface area contributed by atoms with Crippen molar-refractivity contribution in [3.05, 3.63) is 34.6 Å². The quantitative estimate of drug-likeness (QED) is 0.747. The van der Waals surface area contributed by atoms with Crippen molar-refractivity contribution in [3.63, 3.8) is 0 Å². The van der Waals surface area contributed by atoms with Crippen molar-refractivity contribution in [1.29, 1.82) is 0 Å². The lowest BCUT2D eigenvalue weighted by atomic mass is 10.1. The van der Waals surface area contributed by atoms with Crippen LogP contribution in [-0.4, -0.2) is 13.1 Å². The summed E-state index contributed by atoms with van der Waals surface area (Å²) in [7, 11) is 0. The lowest BCUT2D eigenvalue weighted by Gasteiger charge is -2.17. The van der Waals surface area contributed by atoms with Gasteiger partial charge in [-0.2, -0.15) is 0 Å². The second-order valence-electron chi connectivity index (χ2n) is 5.00. The van der Waals surface area contributed by atoms with Gasteiger partial charge in [0.2, 0.25) is 0 Å². The average molecular weight is 271 g/mol. The SMILES string of the molecule is NCC(NCCCC1CC1)c1ccc(Cl)c(F)c1. The Balaban J connectivity index is 1.83. The Hall–Kier alpha value is -0.640. The molecule has 2 nitrogen and oxygen atoms in total. The van der Waals surface area contributed by atoms with Gasteiger partial charge < -0.3 is 11.1 Å². The average Bonchev–Trinajstić information content (AvgIpc) is 3.17. The monoisotopic (exact) mass is 270 g/mol. The van der Waals surface area contributed by atoms with E-state index >= 15 is 0 Å². The first kappa shape index (κ1) is 13.8. The first-order valence-corrected chi connectivity index (χ1v) is 6.97. The highest BCUT2D eigenvalue weighted by atomic mass is 35.5. The molecule has 4 heteroatoms. The van der Waals surface area contributed by atoms with Crippen molar-refractivity contribution in [2.75, 3.05) is 13.1 Å². The van der Waals surface area contributed by atoms with Gasteiger partial charge in [0.15, 0.2) is 0 Å². The molecule has 0 saturated heterocycles. The van der Waals surface area contributed by atoms with Gasteiger partial charge in [0, 0.05) is 12.6 Å². The summed E-state index contributed by atoms with van der Waals surface area (Å²) in [6.45, 7) is 1.40.